The summed E-state index contributed by atoms with van der Waals surface area (Å²) in [5.74, 6) is 0.659. The predicted octanol–water partition coefficient (Wildman–Crippen LogP) is 2.41. The fourth-order valence-corrected chi connectivity index (χ4v) is 1.63. The molecule has 0 unspecified atom stereocenters. The molecule has 0 N–H and O–H groups in total. The largest absolute Gasteiger partial charge is 0.495 e. The topological polar surface area (TPSA) is 36.3 Å². The molecule has 0 fully saturated rings. The average molecular weight is 218 g/mol. The summed E-state index contributed by atoms with van der Waals surface area (Å²) in [6, 6.07) is 7.86. The van der Waals surface area contributed by atoms with Crippen LogP contribution in [-0.4, -0.2) is 25.1 Å². The average Bonchev–Trinajstić information content (AvgIpc) is 2.35. The van der Waals surface area contributed by atoms with E-state index in [0.717, 1.165) is 19.6 Å². The van der Waals surface area contributed by atoms with Crippen LogP contribution in [0.15, 0.2) is 18.2 Å². The first-order valence-corrected chi connectivity index (χ1v) is 5.54. The first kappa shape index (κ1) is 12.5. The fourth-order valence-electron chi connectivity index (χ4n) is 1.63. The predicted molar refractivity (Wildman–Crippen MR) is 64.3 cm³/mol. The molecule has 0 heterocycles. The molecule has 86 valence electrons. The third kappa shape index (κ3) is 2.98. The van der Waals surface area contributed by atoms with E-state index < -0.39 is 0 Å². The van der Waals surface area contributed by atoms with Gasteiger partial charge in [-0.15, -0.1) is 0 Å². The van der Waals surface area contributed by atoms with Gasteiger partial charge in [0.05, 0.1) is 12.7 Å². The Morgan fingerprint density at radius 1 is 1.31 bits per heavy atom. The number of nitrogens with zero attached hydrogens (tertiary/aromatic N) is 2. The maximum Gasteiger partial charge on any atom is 0.136 e. The second kappa shape index (κ2) is 6.14. The van der Waals surface area contributed by atoms with E-state index in [1.165, 1.54) is 5.56 Å². The first-order valence-electron chi connectivity index (χ1n) is 5.54. The van der Waals surface area contributed by atoms with Gasteiger partial charge in [0, 0.05) is 6.54 Å². The van der Waals surface area contributed by atoms with Crippen molar-refractivity contribution in [3.63, 3.8) is 0 Å². The van der Waals surface area contributed by atoms with Gasteiger partial charge >= 0.3 is 0 Å². The number of rotatable bonds is 5. The van der Waals surface area contributed by atoms with Crippen molar-refractivity contribution in [1.29, 1.82) is 5.26 Å². The van der Waals surface area contributed by atoms with Gasteiger partial charge in [-0.3, -0.25) is 4.90 Å². The summed E-state index contributed by atoms with van der Waals surface area (Å²) in [5, 5.41) is 8.87. The molecule has 0 aliphatic heterocycles. The molecule has 0 aromatic heterocycles. The number of methoxy groups -OCH3 is 1. The molecule has 0 aliphatic carbocycles. The molecule has 3 heteroatoms. The smallest absolute Gasteiger partial charge is 0.136 e. The lowest BCUT2D eigenvalue weighted by molar-refractivity contribution is 0.295. The van der Waals surface area contributed by atoms with Gasteiger partial charge in [0.1, 0.15) is 11.8 Å². The van der Waals surface area contributed by atoms with E-state index >= 15 is 0 Å². The molecule has 0 aliphatic rings. The van der Waals surface area contributed by atoms with E-state index in [1.54, 1.807) is 7.11 Å². The number of nitriles is 1. The lowest BCUT2D eigenvalue weighted by Gasteiger charge is -2.18. The highest BCUT2D eigenvalue weighted by Gasteiger charge is 2.06. The monoisotopic (exact) mass is 218 g/mol. The Labute approximate surface area is 97.3 Å². The van der Waals surface area contributed by atoms with Crippen LogP contribution in [0.2, 0.25) is 0 Å². The van der Waals surface area contributed by atoms with Gasteiger partial charge < -0.3 is 4.74 Å². The van der Waals surface area contributed by atoms with Crippen LogP contribution in [0, 0.1) is 11.3 Å². The zero-order valence-corrected chi connectivity index (χ0v) is 10.2. The molecular formula is C13H18N2O. The molecule has 0 spiro atoms. The molecule has 0 saturated carbocycles. The lowest BCUT2D eigenvalue weighted by Crippen LogP contribution is -2.22. The van der Waals surface area contributed by atoms with Gasteiger partial charge in [0.15, 0.2) is 0 Å². The van der Waals surface area contributed by atoms with Crippen molar-refractivity contribution in [2.75, 3.05) is 20.2 Å². The standard InChI is InChI=1S/C13H18N2O/c1-4-15(5-2)10-11-6-7-12(9-14)13(8-11)16-3/h6-8H,4-5,10H2,1-3H3. The van der Waals surface area contributed by atoms with Crippen LogP contribution in [0.3, 0.4) is 0 Å². The Bertz CT molecular complexity index is 378. The van der Waals surface area contributed by atoms with Gasteiger partial charge in [-0.2, -0.15) is 5.26 Å². The maximum absolute atomic E-state index is 8.87. The van der Waals surface area contributed by atoms with Crippen LogP contribution in [0.4, 0.5) is 0 Å². The molecule has 0 atom stereocenters. The normalized spacial score (nSPS) is 10.2. The summed E-state index contributed by atoms with van der Waals surface area (Å²) >= 11 is 0. The number of hydrogen-bond donors (Lipinski definition) is 0. The van der Waals surface area contributed by atoms with Crippen molar-refractivity contribution in [2.24, 2.45) is 0 Å². The highest BCUT2D eigenvalue weighted by molar-refractivity contribution is 5.45. The van der Waals surface area contributed by atoms with E-state index in [4.69, 9.17) is 10.00 Å². The Morgan fingerprint density at radius 2 is 2.00 bits per heavy atom. The molecule has 16 heavy (non-hydrogen) atoms. The van der Waals surface area contributed by atoms with Crippen LogP contribution in [-0.2, 0) is 6.54 Å². The first-order chi connectivity index (χ1) is 7.74. The second-order valence-electron chi connectivity index (χ2n) is 3.61. The van der Waals surface area contributed by atoms with Gasteiger partial charge in [-0.05, 0) is 30.8 Å². The Balaban J connectivity index is 2.87. The van der Waals surface area contributed by atoms with Gasteiger partial charge in [0.2, 0.25) is 0 Å². The summed E-state index contributed by atoms with van der Waals surface area (Å²) in [5.41, 5.74) is 1.77. The van der Waals surface area contributed by atoms with Crippen molar-refractivity contribution >= 4 is 0 Å². The SMILES string of the molecule is CCN(CC)Cc1ccc(C#N)c(OC)c1. The number of benzene rings is 1. The lowest BCUT2D eigenvalue weighted by atomic mass is 10.1. The van der Waals surface area contributed by atoms with E-state index in [-0.39, 0.29) is 0 Å². The maximum atomic E-state index is 8.87. The van der Waals surface area contributed by atoms with E-state index in [0.29, 0.717) is 11.3 Å². The second-order valence-corrected chi connectivity index (χ2v) is 3.61. The molecule has 0 bridgehead atoms. The fraction of sp³-hybridized carbons (Fsp3) is 0.462. The van der Waals surface area contributed by atoms with Crippen molar-refractivity contribution < 1.29 is 4.74 Å². The summed E-state index contributed by atoms with van der Waals surface area (Å²) in [4.78, 5) is 2.32. The van der Waals surface area contributed by atoms with Crippen LogP contribution >= 0.6 is 0 Å². The summed E-state index contributed by atoms with van der Waals surface area (Å²) in [7, 11) is 1.59. The van der Waals surface area contributed by atoms with E-state index in [9.17, 15) is 0 Å². The minimum atomic E-state index is 0.589. The van der Waals surface area contributed by atoms with Crippen molar-refractivity contribution in [1.82, 2.24) is 4.90 Å². The van der Waals surface area contributed by atoms with Gasteiger partial charge in [0.25, 0.3) is 0 Å². The minimum absolute atomic E-state index is 0.589. The third-order valence-corrected chi connectivity index (χ3v) is 2.69. The van der Waals surface area contributed by atoms with Gasteiger partial charge in [-0.25, -0.2) is 0 Å². The number of ether oxygens (including phenoxy) is 1. The molecule has 1 rings (SSSR count). The van der Waals surface area contributed by atoms with Crippen molar-refractivity contribution in [3.05, 3.63) is 29.3 Å². The van der Waals surface area contributed by atoms with Gasteiger partial charge in [-0.1, -0.05) is 19.9 Å². The summed E-state index contributed by atoms with van der Waals surface area (Å²) in [6.45, 7) is 7.24. The Morgan fingerprint density at radius 3 is 2.50 bits per heavy atom. The molecule has 1 aromatic carbocycles. The highest BCUT2D eigenvalue weighted by Crippen LogP contribution is 2.20. The molecule has 0 amide bonds. The van der Waals surface area contributed by atoms with Crippen molar-refractivity contribution in [2.45, 2.75) is 20.4 Å². The third-order valence-electron chi connectivity index (χ3n) is 2.69. The Hall–Kier alpha value is -1.53. The molecule has 0 radical (unpaired) electrons. The highest BCUT2D eigenvalue weighted by atomic mass is 16.5. The molecule has 0 saturated heterocycles. The number of hydrogen-bond acceptors (Lipinski definition) is 3. The zero-order valence-electron chi connectivity index (χ0n) is 10.2. The minimum Gasteiger partial charge on any atom is -0.495 e. The summed E-state index contributed by atoms with van der Waals surface area (Å²) in [6.07, 6.45) is 0. The van der Waals surface area contributed by atoms with E-state index in [1.807, 2.05) is 18.2 Å². The van der Waals surface area contributed by atoms with Crippen molar-refractivity contribution in [3.8, 4) is 11.8 Å². The van der Waals surface area contributed by atoms with E-state index in [2.05, 4.69) is 24.8 Å². The van der Waals surface area contributed by atoms with Crippen LogP contribution in [0.25, 0.3) is 0 Å². The molecular weight excluding hydrogens is 200 g/mol. The Kier molecular flexibility index (Phi) is 4.81. The van der Waals surface area contributed by atoms with Crippen LogP contribution in [0.5, 0.6) is 5.75 Å². The summed E-state index contributed by atoms with van der Waals surface area (Å²) < 4.78 is 5.18. The zero-order chi connectivity index (χ0) is 12.0. The molecule has 3 nitrogen and oxygen atoms in total. The van der Waals surface area contributed by atoms with Crippen LogP contribution < -0.4 is 4.74 Å². The van der Waals surface area contributed by atoms with Crippen LogP contribution in [0.1, 0.15) is 25.0 Å². The molecule has 1 aromatic rings. The quantitative estimate of drug-likeness (QED) is 0.761.